The fraction of sp³-hybridized carbons (Fsp3) is 0.263. The van der Waals surface area contributed by atoms with E-state index >= 15 is 0 Å². The van der Waals surface area contributed by atoms with Gasteiger partial charge in [-0.2, -0.15) is 13.2 Å². The molecule has 6 nitrogen and oxygen atoms in total. The molecule has 0 N–H and O–H groups in total. The van der Waals surface area contributed by atoms with Gasteiger partial charge in [-0.25, -0.2) is 0 Å². The molecule has 1 aliphatic heterocycles. The summed E-state index contributed by atoms with van der Waals surface area (Å²) in [7, 11) is 0. The smallest absolute Gasteiger partial charge is 0.321 e. The van der Waals surface area contributed by atoms with E-state index in [-0.39, 0.29) is 12.1 Å². The summed E-state index contributed by atoms with van der Waals surface area (Å²) in [6.07, 6.45) is -3.08. The molecule has 3 aromatic rings. The first kappa shape index (κ1) is 19.4. The number of hydrogen-bond donors (Lipinski definition) is 0. The minimum atomic E-state index is -4.66. The lowest BCUT2D eigenvalue weighted by atomic mass is 10.0. The summed E-state index contributed by atoms with van der Waals surface area (Å²) in [6.45, 7) is 2.46. The minimum Gasteiger partial charge on any atom is -0.321 e. The van der Waals surface area contributed by atoms with Crippen LogP contribution in [0.2, 0.25) is 5.02 Å². The number of benzene rings is 1. The van der Waals surface area contributed by atoms with Gasteiger partial charge < -0.3 is 9.47 Å². The lowest BCUT2D eigenvalue weighted by Crippen LogP contribution is -2.43. The Bertz CT molecular complexity index is 1070. The molecule has 0 aliphatic carbocycles. The molecule has 1 aromatic carbocycles. The van der Waals surface area contributed by atoms with E-state index in [1.54, 1.807) is 31.3 Å². The quantitative estimate of drug-likeness (QED) is 0.629. The van der Waals surface area contributed by atoms with Crippen LogP contribution < -0.4 is 0 Å². The second-order valence-corrected chi connectivity index (χ2v) is 6.96. The largest absolute Gasteiger partial charge is 0.417 e. The van der Waals surface area contributed by atoms with E-state index in [0.717, 1.165) is 6.07 Å². The standard InChI is InChI=1S/C19H15ClF3N5O/c1-11-25-26-17-16(14-7-2-3-8-24-14)28(10-9-27(11)17)18(29)12-5-4-6-13(15(12)20)19(21,22)23/h2-8,16H,9-10H2,1H3/t16-/m0/s1. The first-order chi connectivity index (χ1) is 13.8. The molecule has 0 bridgehead atoms. The van der Waals surface area contributed by atoms with Gasteiger partial charge in [-0.3, -0.25) is 9.78 Å². The number of aromatic nitrogens is 4. The van der Waals surface area contributed by atoms with Crippen molar-refractivity contribution in [3.05, 3.63) is 76.1 Å². The Labute approximate surface area is 168 Å². The molecule has 0 fully saturated rings. The molecule has 10 heteroatoms. The van der Waals surface area contributed by atoms with Crippen molar-refractivity contribution < 1.29 is 18.0 Å². The Morgan fingerprint density at radius 2 is 1.93 bits per heavy atom. The Morgan fingerprint density at radius 1 is 1.14 bits per heavy atom. The van der Waals surface area contributed by atoms with Crippen LogP contribution in [0.15, 0.2) is 42.6 Å². The number of aryl methyl sites for hydroxylation is 1. The van der Waals surface area contributed by atoms with Crippen LogP contribution in [0.1, 0.15) is 39.3 Å². The molecular weight excluding hydrogens is 407 g/mol. The van der Waals surface area contributed by atoms with E-state index in [4.69, 9.17) is 11.6 Å². The van der Waals surface area contributed by atoms with Crippen molar-refractivity contribution >= 4 is 17.5 Å². The molecule has 0 unspecified atom stereocenters. The van der Waals surface area contributed by atoms with Crippen molar-refractivity contribution in [2.75, 3.05) is 6.54 Å². The van der Waals surface area contributed by atoms with Gasteiger partial charge in [0.05, 0.1) is 21.8 Å². The number of fused-ring (bicyclic) bond motifs is 1. The number of amides is 1. The summed E-state index contributed by atoms with van der Waals surface area (Å²) in [5.41, 5.74) is -0.722. The highest BCUT2D eigenvalue weighted by Crippen LogP contribution is 2.38. The topological polar surface area (TPSA) is 63.9 Å². The van der Waals surface area contributed by atoms with Gasteiger partial charge in [0.15, 0.2) is 5.82 Å². The average molecular weight is 422 g/mol. The average Bonchev–Trinajstić information content (AvgIpc) is 3.07. The summed E-state index contributed by atoms with van der Waals surface area (Å²) in [5.74, 6) is 0.567. The van der Waals surface area contributed by atoms with Gasteiger partial charge in [0.25, 0.3) is 5.91 Å². The molecule has 150 valence electrons. The van der Waals surface area contributed by atoms with Gasteiger partial charge in [-0.05, 0) is 31.2 Å². The Hall–Kier alpha value is -2.94. The molecule has 1 aliphatic rings. The number of carbonyl (C=O) groups is 1. The highest BCUT2D eigenvalue weighted by molar-refractivity contribution is 6.34. The molecule has 1 amide bonds. The first-order valence-electron chi connectivity index (χ1n) is 8.76. The fourth-order valence-electron chi connectivity index (χ4n) is 3.47. The number of carbonyl (C=O) groups excluding carboxylic acids is 1. The van der Waals surface area contributed by atoms with Gasteiger partial charge in [-0.15, -0.1) is 10.2 Å². The number of halogens is 4. The Kier molecular flexibility index (Phi) is 4.77. The van der Waals surface area contributed by atoms with Gasteiger partial charge in [0, 0.05) is 19.3 Å². The van der Waals surface area contributed by atoms with E-state index in [0.29, 0.717) is 23.9 Å². The lowest BCUT2D eigenvalue weighted by molar-refractivity contribution is -0.137. The predicted octanol–water partition coefficient (Wildman–Crippen LogP) is 3.90. The predicted molar refractivity (Wildman–Crippen MR) is 98.3 cm³/mol. The number of rotatable bonds is 2. The molecule has 4 rings (SSSR count). The van der Waals surface area contributed by atoms with Gasteiger partial charge in [0.1, 0.15) is 11.9 Å². The zero-order valence-electron chi connectivity index (χ0n) is 15.2. The molecule has 1 atom stereocenters. The molecule has 0 radical (unpaired) electrons. The maximum atomic E-state index is 13.3. The normalized spacial score (nSPS) is 16.6. The van der Waals surface area contributed by atoms with Crippen LogP contribution in [-0.2, 0) is 12.7 Å². The third-order valence-corrected chi connectivity index (χ3v) is 5.26. The number of pyridine rings is 1. The molecular formula is C19H15ClF3N5O. The van der Waals surface area contributed by atoms with Crippen molar-refractivity contribution in [2.24, 2.45) is 0 Å². The van der Waals surface area contributed by atoms with Crippen LogP contribution in [0.4, 0.5) is 13.2 Å². The summed E-state index contributed by atoms with van der Waals surface area (Å²) in [5, 5.41) is 7.65. The zero-order valence-corrected chi connectivity index (χ0v) is 15.9. The third-order valence-electron chi connectivity index (χ3n) is 4.85. The second kappa shape index (κ2) is 7.14. The SMILES string of the molecule is Cc1nnc2n1CCN(C(=O)c1cccc(C(F)(F)F)c1Cl)[C@H]2c1ccccn1. The molecule has 0 saturated carbocycles. The summed E-state index contributed by atoms with van der Waals surface area (Å²) >= 11 is 5.99. The maximum Gasteiger partial charge on any atom is 0.417 e. The van der Waals surface area contributed by atoms with Crippen LogP contribution >= 0.6 is 11.6 Å². The lowest BCUT2D eigenvalue weighted by Gasteiger charge is -2.35. The molecule has 0 spiro atoms. The first-order valence-corrected chi connectivity index (χ1v) is 9.14. The highest BCUT2D eigenvalue weighted by Gasteiger charge is 2.39. The molecule has 2 aromatic heterocycles. The van der Waals surface area contributed by atoms with Crippen molar-refractivity contribution in [2.45, 2.75) is 25.7 Å². The van der Waals surface area contributed by atoms with E-state index in [2.05, 4.69) is 15.2 Å². The Morgan fingerprint density at radius 3 is 2.62 bits per heavy atom. The summed E-state index contributed by atoms with van der Waals surface area (Å²) < 4.78 is 41.6. The van der Waals surface area contributed by atoms with E-state index in [9.17, 15) is 18.0 Å². The Balaban J connectivity index is 1.81. The van der Waals surface area contributed by atoms with Gasteiger partial charge in [0.2, 0.25) is 0 Å². The van der Waals surface area contributed by atoms with Crippen molar-refractivity contribution in [1.82, 2.24) is 24.6 Å². The van der Waals surface area contributed by atoms with Crippen molar-refractivity contribution in [3.8, 4) is 0 Å². The molecule has 29 heavy (non-hydrogen) atoms. The third kappa shape index (κ3) is 3.35. The maximum absolute atomic E-state index is 13.3. The summed E-state index contributed by atoms with van der Waals surface area (Å²) in [6, 6.07) is 7.87. The number of nitrogens with zero attached hydrogens (tertiary/aromatic N) is 5. The van der Waals surface area contributed by atoms with Crippen LogP contribution in [0.25, 0.3) is 0 Å². The van der Waals surface area contributed by atoms with Crippen molar-refractivity contribution in [1.29, 1.82) is 0 Å². The van der Waals surface area contributed by atoms with E-state index in [1.807, 2.05) is 4.57 Å². The van der Waals surface area contributed by atoms with Crippen LogP contribution in [0.3, 0.4) is 0 Å². The summed E-state index contributed by atoms with van der Waals surface area (Å²) in [4.78, 5) is 19.1. The van der Waals surface area contributed by atoms with Gasteiger partial charge in [-0.1, -0.05) is 23.7 Å². The fourth-order valence-corrected chi connectivity index (χ4v) is 3.79. The van der Waals surface area contributed by atoms with Crippen LogP contribution in [0, 0.1) is 6.92 Å². The second-order valence-electron chi connectivity index (χ2n) is 6.58. The van der Waals surface area contributed by atoms with Crippen LogP contribution in [0.5, 0.6) is 0 Å². The highest BCUT2D eigenvalue weighted by atomic mass is 35.5. The zero-order chi connectivity index (χ0) is 20.8. The van der Waals surface area contributed by atoms with Gasteiger partial charge >= 0.3 is 6.18 Å². The van der Waals surface area contributed by atoms with Crippen LogP contribution in [-0.4, -0.2) is 37.1 Å². The monoisotopic (exact) mass is 421 g/mol. The van der Waals surface area contributed by atoms with E-state index in [1.165, 1.54) is 17.0 Å². The minimum absolute atomic E-state index is 0.216. The van der Waals surface area contributed by atoms with E-state index < -0.39 is 28.7 Å². The number of hydrogen-bond acceptors (Lipinski definition) is 4. The van der Waals surface area contributed by atoms with Crippen molar-refractivity contribution in [3.63, 3.8) is 0 Å². The molecule has 0 saturated heterocycles. The molecule has 3 heterocycles. The number of alkyl halides is 3.